The lowest BCUT2D eigenvalue weighted by atomic mass is 9.97. The highest BCUT2D eigenvalue weighted by atomic mass is 16.7. The van der Waals surface area contributed by atoms with Crippen LogP contribution in [0.4, 0.5) is 0 Å². The molecular weight excluding hydrogens is 204 g/mol. The van der Waals surface area contributed by atoms with Crippen molar-refractivity contribution in [1.82, 2.24) is 0 Å². The molecule has 3 N–H and O–H groups in total. The van der Waals surface area contributed by atoms with Gasteiger partial charge in [0.15, 0.2) is 6.29 Å². The third-order valence-corrected chi connectivity index (χ3v) is 2.73. The van der Waals surface area contributed by atoms with Crippen LogP contribution in [0, 0.1) is 0 Å². The van der Waals surface area contributed by atoms with Crippen LogP contribution >= 0.6 is 0 Å². The van der Waals surface area contributed by atoms with E-state index in [1.54, 1.807) is 0 Å². The number of hydrogen-bond donors (Lipinski definition) is 3. The molecule has 15 heavy (non-hydrogen) atoms. The molecular formula is C9H16O6. The molecule has 2 fully saturated rings. The number of fused-ring (bicyclic) bond motifs is 1. The Morgan fingerprint density at radius 3 is 2.60 bits per heavy atom. The van der Waals surface area contributed by atoms with Gasteiger partial charge in [0.1, 0.15) is 24.4 Å². The van der Waals surface area contributed by atoms with Crippen molar-refractivity contribution in [2.24, 2.45) is 0 Å². The smallest absolute Gasteiger partial charge is 0.184 e. The first-order valence-electron chi connectivity index (χ1n) is 5.03. The van der Waals surface area contributed by atoms with Crippen molar-refractivity contribution in [3.8, 4) is 0 Å². The van der Waals surface area contributed by atoms with Crippen LogP contribution in [0.15, 0.2) is 0 Å². The topological polar surface area (TPSA) is 88.4 Å². The standard InChI is InChI=1S/C9H16O6/c1-4-3-13-7-5(2-10)15-9(12)6(11)8(7)14-4/h4-12H,2-3H2,1H3/t4-,5-,6-,7-,8-,9-/m0/s1. The second-order valence-electron chi connectivity index (χ2n) is 3.95. The van der Waals surface area contributed by atoms with Gasteiger partial charge in [-0.2, -0.15) is 0 Å². The summed E-state index contributed by atoms with van der Waals surface area (Å²) in [5.41, 5.74) is 0. The normalized spacial score (nSPS) is 51.2. The molecule has 2 aliphatic heterocycles. The first kappa shape index (κ1) is 11.3. The number of aliphatic hydroxyl groups is 3. The summed E-state index contributed by atoms with van der Waals surface area (Å²) in [5.74, 6) is 0. The summed E-state index contributed by atoms with van der Waals surface area (Å²) < 4.78 is 15.9. The fraction of sp³-hybridized carbons (Fsp3) is 1.00. The summed E-state index contributed by atoms with van der Waals surface area (Å²) >= 11 is 0. The van der Waals surface area contributed by atoms with Gasteiger partial charge in [-0.05, 0) is 6.92 Å². The molecule has 0 aromatic heterocycles. The van der Waals surface area contributed by atoms with Crippen LogP contribution in [0.25, 0.3) is 0 Å². The highest BCUT2D eigenvalue weighted by Crippen LogP contribution is 2.28. The zero-order valence-electron chi connectivity index (χ0n) is 8.44. The maximum atomic E-state index is 9.64. The molecule has 0 spiro atoms. The monoisotopic (exact) mass is 220 g/mol. The zero-order valence-corrected chi connectivity index (χ0v) is 8.44. The summed E-state index contributed by atoms with van der Waals surface area (Å²) in [6.45, 7) is 1.94. The Balaban J connectivity index is 2.12. The molecule has 6 nitrogen and oxygen atoms in total. The van der Waals surface area contributed by atoms with Crippen molar-refractivity contribution in [1.29, 1.82) is 0 Å². The van der Waals surface area contributed by atoms with Gasteiger partial charge in [-0.25, -0.2) is 0 Å². The molecule has 6 heteroatoms. The van der Waals surface area contributed by atoms with Gasteiger partial charge in [-0.15, -0.1) is 0 Å². The van der Waals surface area contributed by atoms with E-state index in [2.05, 4.69) is 0 Å². The van der Waals surface area contributed by atoms with Gasteiger partial charge in [-0.3, -0.25) is 0 Å². The van der Waals surface area contributed by atoms with Crippen LogP contribution in [-0.2, 0) is 14.2 Å². The number of ether oxygens (including phenoxy) is 3. The minimum absolute atomic E-state index is 0.134. The average Bonchev–Trinajstić information content (AvgIpc) is 2.23. The summed E-state index contributed by atoms with van der Waals surface area (Å²) in [5, 5.41) is 28.1. The van der Waals surface area contributed by atoms with Crippen molar-refractivity contribution >= 4 is 0 Å². The Bertz CT molecular complexity index is 223. The van der Waals surface area contributed by atoms with Gasteiger partial charge in [0.05, 0.1) is 19.3 Å². The maximum absolute atomic E-state index is 9.64. The van der Waals surface area contributed by atoms with E-state index >= 15 is 0 Å². The van der Waals surface area contributed by atoms with E-state index in [4.69, 9.17) is 19.3 Å². The molecule has 2 rings (SSSR count). The first-order chi connectivity index (χ1) is 7.13. The Labute approximate surface area is 87.4 Å². The predicted molar refractivity (Wildman–Crippen MR) is 48.0 cm³/mol. The number of aliphatic hydroxyl groups excluding tert-OH is 3. The van der Waals surface area contributed by atoms with Crippen molar-refractivity contribution in [2.45, 2.75) is 43.7 Å². The lowest BCUT2D eigenvalue weighted by molar-refractivity contribution is -0.330. The molecule has 2 heterocycles. The van der Waals surface area contributed by atoms with Gasteiger partial charge in [0.2, 0.25) is 0 Å². The Morgan fingerprint density at radius 2 is 1.93 bits per heavy atom. The van der Waals surface area contributed by atoms with Crippen LogP contribution in [0.1, 0.15) is 6.92 Å². The van der Waals surface area contributed by atoms with E-state index in [0.29, 0.717) is 6.61 Å². The second-order valence-corrected chi connectivity index (χ2v) is 3.95. The molecule has 0 saturated carbocycles. The molecule has 2 saturated heterocycles. The zero-order chi connectivity index (χ0) is 11.0. The van der Waals surface area contributed by atoms with E-state index in [-0.39, 0.29) is 12.7 Å². The largest absolute Gasteiger partial charge is 0.394 e. The lowest BCUT2D eigenvalue weighted by Crippen LogP contribution is -2.63. The maximum Gasteiger partial charge on any atom is 0.184 e. The number of hydrogen-bond acceptors (Lipinski definition) is 6. The van der Waals surface area contributed by atoms with Crippen LogP contribution in [-0.4, -0.2) is 65.3 Å². The van der Waals surface area contributed by atoms with E-state index in [1.165, 1.54) is 0 Å². The third kappa shape index (κ3) is 2.01. The molecule has 0 bridgehead atoms. The fourth-order valence-corrected chi connectivity index (χ4v) is 1.97. The van der Waals surface area contributed by atoms with Crippen molar-refractivity contribution in [3.63, 3.8) is 0 Å². The molecule has 88 valence electrons. The molecule has 0 aromatic carbocycles. The fourth-order valence-electron chi connectivity index (χ4n) is 1.97. The molecule has 0 unspecified atom stereocenters. The minimum Gasteiger partial charge on any atom is -0.394 e. The van der Waals surface area contributed by atoms with Crippen LogP contribution < -0.4 is 0 Å². The molecule has 0 aliphatic carbocycles. The lowest BCUT2D eigenvalue weighted by Gasteiger charge is -2.46. The van der Waals surface area contributed by atoms with Crippen molar-refractivity contribution in [3.05, 3.63) is 0 Å². The van der Waals surface area contributed by atoms with E-state index in [0.717, 1.165) is 0 Å². The summed E-state index contributed by atoms with van der Waals surface area (Å²) in [7, 11) is 0. The molecule has 0 amide bonds. The summed E-state index contributed by atoms with van der Waals surface area (Å²) in [6.07, 6.45) is -4.43. The summed E-state index contributed by atoms with van der Waals surface area (Å²) in [4.78, 5) is 0. The Kier molecular flexibility index (Phi) is 3.24. The first-order valence-corrected chi connectivity index (χ1v) is 5.03. The van der Waals surface area contributed by atoms with Gasteiger partial charge >= 0.3 is 0 Å². The third-order valence-electron chi connectivity index (χ3n) is 2.73. The predicted octanol–water partition coefficient (Wildman–Crippen LogP) is -1.77. The van der Waals surface area contributed by atoms with Crippen molar-refractivity contribution in [2.75, 3.05) is 13.2 Å². The molecule has 0 radical (unpaired) electrons. The average molecular weight is 220 g/mol. The number of rotatable bonds is 1. The highest BCUT2D eigenvalue weighted by Gasteiger charge is 2.48. The SMILES string of the molecule is C[C@H]1CO[C@@H]2[C@@H](O1)[C@H](O)[C@@H](O)O[C@H]2CO. The molecule has 2 aliphatic rings. The minimum atomic E-state index is -1.34. The van der Waals surface area contributed by atoms with E-state index in [1.807, 2.05) is 6.92 Å². The van der Waals surface area contributed by atoms with Crippen molar-refractivity contribution < 1.29 is 29.5 Å². The molecule has 0 aromatic rings. The molecule has 6 atom stereocenters. The van der Waals surface area contributed by atoms with E-state index < -0.39 is 30.7 Å². The Morgan fingerprint density at radius 1 is 1.20 bits per heavy atom. The second kappa shape index (κ2) is 4.32. The van der Waals surface area contributed by atoms with Gasteiger partial charge in [-0.1, -0.05) is 0 Å². The van der Waals surface area contributed by atoms with E-state index in [9.17, 15) is 10.2 Å². The van der Waals surface area contributed by atoms with Crippen LogP contribution in [0.3, 0.4) is 0 Å². The highest BCUT2D eigenvalue weighted by molar-refractivity contribution is 4.93. The Hall–Kier alpha value is -0.240. The van der Waals surface area contributed by atoms with Gasteiger partial charge in [0.25, 0.3) is 0 Å². The van der Waals surface area contributed by atoms with Gasteiger partial charge in [0, 0.05) is 0 Å². The van der Waals surface area contributed by atoms with Crippen LogP contribution in [0.2, 0.25) is 0 Å². The van der Waals surface area contributed by atoms with Gasteiger partial charge < -0.3 is 29.5 Å². The van der Waals surface area contributed by atoms with Crippen LogP contribution in [0.5, 0.6) is 0 Å². The summed E-state index contributed by atoms with van der Waals surface area (Å²) in [6, 6.07) is 0. The quantitative estimate of drug-likeness (QED) is 0.484.